The minimum Gasteiger partial charge on any atom is -0.338 e. The molecular formula is C23H33N. The van der Waals surface area contributed by atoms with Gasteiger partial charge in [0.1, 0.15) is 0 Å². The predicted molar refractivity (Wildman–Crippen MR) is 108 cm³/mol. The van der Waals surface area contributed by atoms with E-state index in [1.54, 1.807) is 0 Å². The van der Waals surface area contributed by atoms with Gasteiger partial charge in [0.2, 0.25) is 0 Å². The Morgan fingerprint density at radius 2 is 1.38 bits per heavy atom. The van der Waals surface area contributed by atoms with E-state index < -0.39 is 0 Å². The molecule has 0 unspecified atom stereocenters. The van der Waals surface area contributed by atoms with Crippen LogP contribution in [0.2, 0.25) is 0 Å². The Bertz CT molecular complexity index is 667. The van der Waals surface area contributed by atoms with E-state index in [4.69, 9.17) is 0 Å². The molecule has 1 nitrogen and oxygen atoms in total. The van der Waals surface area contributed by atoms with Crippen LogP contribution in [0.3, 0.4) is 0 Å². The molecule has 0 radical (unpaired) electrons. The van der Waals surface area contributed by atoms with Gasteiger partial charge in [0, 0.05) is 17.4 Å². The van der Waals surface area contributed by atoms with Gasteiger partial charge in [-0.1, -0.05) is 71.0 Å². The topological polar surface area (TPSA) is 3.24 Å². The first kappa shape index (κ1) is 18.6. The minimum atomic E-state index is 0.163. The maximum absolute atomic E-state index is 2.52. The van der Waals surface area contributed by atoms with Crippen LogP contribution < -0.4 is 4.90 Å². The normalized spacial score (nSPS) is 12.0. The third kappa shape index (κ3) is 3.66. The van der Waals surface area contributed by atoms with Crippen molar-refractivity contribution < 1.29 is 0 Å². The molecule has 0 aromatic heterocycles. The first-order valence-corrected chi connectivity index (χ1v) is 9.27. The van der Waals surface area contributed by atoms with Crippen molar-refractivity contribution >= 4 is 11.4 Å². The van der Waals surface area contributed by atoms with Crippen molar-refractivity contribution in [3.8, 4) is 0 Å². The second-order valence-corrected chi connectivity index (χ2v) is 7.93. The molecule has 2 aromatic carbocycles. The molecule has 2 aromatic rings. The fourth-order valence-corrected chi connectivity index (χ4v) is 3.33. The van der Waals surface area contributed by atoms with Crippen molar-refractivity contribution in [3.05, 3.63) is 59.7 Å². The number of hydrogen-bond donors (Lipinski definition) is 0. The van der Waals surface area contributed by atoms with Gasteiger partial charge in [-0.05, 0) is 54.9 Å². The van der Waals surface area contributed by atoms with Gasteiger partial charge in [-0.2, -0.15) is 0 Å². The lowest BCUT2D eigenvalue weighted by Crippen LogP contribution is -2.30. The van der Waals surface area contributed by atoms with Crippen LogP contribution in [0.5, 0.6) is 0 Å². The minimum absolute atomic E-state index is 0.163. The van der Waals surface area contributed by atoms with Crippen molar-refractivity contribution in [1.29, 1.82) is 0 Å². The molecule has 0 fully saturated rings. The Morgan fingerprint density at radius 1 is 0.833 bits per heavy atom. The highest BCUT2D eigenvalue weighted by Gasteiger charge is 2.26. The molecule has 24 heavy (non-hydrogen) atoms. The quantitative estimate of drug-likeness (QED) is 0.551. The summed E-state index contributed by atoms with van der Waals surface area (Å²) < 4.78 is 0. The number of anilines is 2. The molecule has 0 N–H and O–H groups in total. The van der Waals surface area contributed by atoms with E-state index in [0.29, 0.717) is 12.0 Å². The molecular weight excluding hydrogens is 290 g/mol. The number of benzene rings is 2. The van der Waals surface area contributed by atoms with Gasteiger partial charge >= 0.3 is 0 Å². The van der Waals surface area contributed by atoms with E-state index >= 15 is 0 Å². The fraction of sp³-hybridized carbons (Fsp3) is 0.478. The second-order valence-electron chi connectivity index (χ2n) is 7.93. The lowest BCUT2D eigenvalue weighted by molar-refractivity contribution is 0.505. The van der Waals surface area contributed by atoms with Gasteiger partial charge in [0.05, 0.1) is 0 Å². The summed E-state index contributed by atoms with van der Waals surface area (Å²) in [6, 6.07) is 18.2. The molecule has 2 rings (SSSR count). The Kier molecular flexibility index (Phi) is 5.74. The Morgan fingerprint density at radius 3 is 1.92 bits per heavy atom. The zero-order valence-corrected chi connectivity index (χ0v) is 16.4. The average molecular weight is 324 g/mol. The highest BCUT2D eigenvalue weighted by atomic mass is 15.2. The van der Waals surface area contributed by atoms with Crippen LogP contribution >= 0.6 is 0 Å². The fourth-order valence-electron chi connectivity index (χ4n) is 3.33. The zero-order chi connectivity index (χ0) is 17.9. The summed E-state index contributed by atoms with van der Waals surface area (Å²) in [7, 11) is 0. The van der Waals surface area contributed by atoms with Gasteiger partial charge in [-0.3, -0.25) is 0 Å². The number of rotatable bonds is 6. The van der Waals surface area contributed by atoms with Crippen LogP contribution in [0.15, 0.2) is 48.5 Å². The lowest BCUT2D eigenvalue weighted by Gasteiger charge is -2.37. The first-order valence-electron chi connectivity index (χ1n) is 9.27. The molecule has 0 atom stereocenters. The third-order valence-electron chi connectivity index (χ3n) is 5.11. The molecule has 1 heteroatoms. The Hall–Kier alpha value is -1.76. The highest BCUT2D eigenvalue weighted by Crippen LogP contribution is 2.40. The van der Waals surface area contributed by atoms with Crippen molar-refractivity contribution in [1.82, 2.24) is 0 Å². The third-order valence-corrected chi connectivity index (χ3v) is 5.11. The SMILES string of the molecule is CCC(C)(C)c1ccccc1N(c1ccccc1C(C)C)C(C)C. The summed E-state index contributed by atoms with van der Waals surface area (Å²) in [6.07, 6.45) is 1.13. The standard InChI is InChI=1S/C23H33N/c1-8-23(6,7)20-14-10-12-16-22(20)24(18(4)5)21-15-11-9-13-19(21)17(2)3/h9-18H,8H2,1-7H3. The summed E-state index contributed by atoms with van der Waals surface area (Å²) >= 11 is 0. The lowest BCUT2D eigenvalue weighted by atomic mass is 9.80. The van der Waals surface area contributed by atoms with Gasteiger partial charge in [-0.15, -0.1) is 0 Å². The first-order chi connectivity index (χ1) is 11.3. The van der Waals surface area contributed by atoms with Crippen molar-refractivity contribution in [2.75, 3.05) is 4.90 Å². The molecule has 130 valence electrons. The summed E-state index contributed by atoms with van der Waals surface area (Å²) in [5, 5.41) is 0. The van der Waals surface area contributed by atoms with Crippen LogP contribution in [-0.4, -0.2) is 6.04 Å². The van der Waals surface area contributed by atoms with Crippen molar-refractivity contribution in [2.45, 2.75) is 72.3 Å². The molecule has 0 aliphatic rings. The molecule has 0 bridgehead atoms. The van der Waals surface area contributed by atoms with Crippen LogP contribution in [0.1, 0.15) is 71.9 Å². The summed E-state index contributed by atoms with van der Waals surface area (Å²) in [6.45, 7) is 16.1. The number of hydrogen-bond acceptors (Lipinski definition) is 1. The molecule has 0 aliphatic carbocycles. The monoisotopic (exact) mass is 323 g/mol. The zero-order valence-electron chi connectivity index (χ0n) is 16.4. The summed E-state index contributed by atoms with van der Waals surface area (Å²) in [4.78, 5) is 2.52. The molecule has 0 saturated carbocycles. The van der Waals surface area contributed by atoms with Crippen molar-refractivity contribution in [2.24, 2.45) is 0 Å². The largest absolute Gasteiger partial charge is 0.338 e. The highest BCUT2D eigenvalue weighted by molar-refractivity contribution is 5.71. The smallest absolute Gasteiger partial charge is 0.0451 e. The van der Waals surface area contributed by atoms with E-state index in [2.05, 4.69) is 102 Å². The maximum Gasteiger partial charge on any atom is 0.0451 e. The van der Waals surface area contributed by atoms with Crippen LogP contribution in [-0.2, 0) is 5.41 Å². The summed E-state index contributed by atoms with van der Waals surface area (Å²) in [5.74, 6) is 0.508. The maximum atomic E-state index is 2.52. The van der Waals surface area contributed by atoms with Gasteiger partial charge in [0.15, 0.2) is 0 Å². The van der Waals surface area contributed by atoms with E-state index in [9.17, 15) is 0 Å². The Balaban J connectivity index is 2.68. The number of para-hydroxylation sites is 2. The molecule has 0 saturated heterocycles. The second kappa shape index (κ2) is 7.42. The van der Waals surface area contributed by atoms with E-state index in [-0.39, 0.29) is 5.41 Å². The molecule has 0 spiro atoms. The summed E-state index contributed by atoms with van der Waals surface area (Å²) in [5.41, 5.74) is 5.68. The molecule has 0 amide bonds. The van der Waals surface area contributed by atoms with Crippen molar-refractivity contribution in [3.63, 3.8) is 0 Å². The van der Waals surface area contributed by atoms with Gasteiger partial charge < -0.3 is 4.90 Å². The van der Waals surface area contributed by atoms with E-state index in [0.717, 1.165) is 6.42 Å². The number of nitrogens with zero attached hydrogens (tertiary/aromatic N) is 1. The van der Waals surface area contributed by atoms with Gasteiger partial charge in [-0.25, -0.2) is 0 Å². The average Bonchev–Trinajstić information content (AvgIpc) is 2.55. The molecule has 0 heterocycles. The van der Waals surface area contributed by atoms with Crippen LogP contribution in [0.25, 0.3) is 0 Å². The predicted octanol–water partition coefficient (Wildman–Crippen LogP) is 7.04. The Labute approximate surface area is 148 Å². The van der Waals surface area contributed by atoms with E-state index in [1.807, 2.05) is 0 Å². The van der Waals surface area contributed by atoms with Crippen LogP contribution in [0.4, 0.5) is 11.4 Å². The van der Waals surface area contributed by atoms with Crippen LogP contribution in [0, 0.1) is 0 Å². The van der Waals surface area contributed by atoms with E-state index in [1.165, 1.54) is 22.5 Å². The van der Waals surface area contributed by atoms with Gasteiger partial charge in [0.25, 0.3) is 0 Å². The molecule has 0 aliphatic heterocycles.